The normalized spacial score (nSPS) is 9.83. The molecule has 0 aliphatic heterocycles. The molecule has 2 aromatic rings. The van der Waals surface area contributed by atoms with Crippen LogP contribution in [0.1, 0.15) is 5.69 Å². The van der Waals surface area contributed by atoms with E-state index in [2.05, 4.69) is 4.98 Å². The van der Waals surface area contributed by atoms with Crippen LogP contribution >= 0.6 is 11.6 Å². The number of nitriles is 1. The summed E-state index contributed by atoms with van der Waals surface area (Å²) in [6, 6.07) is 9.07. The van der Waals surface area contributed by atoms with Gasteiger partial charge in [-0.05, 0) is 18.2 Å². The Bertz CT molecular complexity index is 640. The third-order valence-electron chi connectivity index (χ3n) is 2.14. The predicted molar refractivity (Wildman–Crippen MR) is 64.8 cm³/mol. The minimum absolute atomic E-state index is 0.0231. The molecule has 0 aliphatic carbocycles. The molecule has 0 atom stereocenters. The molecular formula is C12H7ClFN3O. The van der Waals surface area contributed by atoms with Crippen LogP contribution in [0.4, 0.5) is 10.1 Å². The van der Waals surface area contributed by atoms with Crippen LogP contribution in [0.15, 0.2) is 30.3 Å². The summed E-state index contributed by atoms with van der Waals surface area (Å²) in [5, 5.41) is 8.71. The summed E-state index contributed by atoms with van der Waals surface area (Å²) in [5.41, 5.74) is 5.77. The third-order valence-corrected chi connectivity index (χ3v) is 2.43. The molecule has 0 saturated heterocycles. The Morgan fingerprint density at radius 1 is 1.33 bits per heavy atom. The molecule has 90 valence electrons. The van der Waals surface area contributed by atoms with E-state index < -0.39 is 5.82 Å². The van der Waals surface area contributed by atoms with Crippen molar-refractivity contribution in [3.63, 3.8) is 0 Å². The number of nitrogen functional groups attached to an aromatic ring is 1. The Morgan fingerprint density at radius 3 is 2.83 bits per heavy atom. The van der Waals surface area contributed by atoms with E-state index >= 15 is 0 Å². The number of hydrogen-bond donors (Lipinski definition) is 1. The summed E-state index contributed by atoms with van der Waals surface area (Å²) >= 11 is 5.62. The Kier molecular flexibility index (Phi) is 3.31. The number of rotatable bonds is 2. The Labute approximate surface area is 107 Å². The smallest absolute Gasteiger partial charge is 0.220 e. The molecule has 4 nitrogen and oxygen atoms in total. The van der Waals surface area contributed by atoms with Crippen LogP contribution < -0.4 is 10.5 Å². The van der Waals surface area contributed by atoms with Gasteiger partial charge in [-0.3, -0.25) is 0 Å². The number of ether oxygens (including phenoxy) is 1. The van der Waals surface area contributed by atoms with Crippen molar-refractivity contribution >= 4 is 17.3 Å². The Balaban J connectivity index is 2.35. The number of nitrogens with zero attached hydrogens (tertiary/aromatic N) is 2. The van der Waals surface area contributed by atoms with Crippen molar-refractivity contribution in [3.05, 3.63) is 46.9 Å². The number of halogens is 2. The van der Waals surface area contributed by atoms with E-state index in [1.54, 1.807) is 6.07 Å². The van der Waals surface area contributed by atoms with Gasteiger partial charge < -0.3 is 10.5 Å². The molecule has 2 rings (SSSR count). The van der Waals surface area contributed by atoms with Gasteiger partial charge in [-0.25, -0.2) is 9.37 Å². The van der Waals surface area contributed by atoms with Crippen molar-refractivity contribution in [1.29, 1.82) is 5.26 Å². The van der Waals surface area contributed by atoms with Crippen LogP contribution in [0.25, 0.3) is 0 Å². The molecular weight excluding hydrogens is 257 g/mol. The zero-order valence-electron chi connectivity index (χ0n) is 9.02. The first kappa shape index (κ1) is 12.1. The maximum atomic E-state index is 13.6. The minimum atomic E-state index is -0.684. The highest BCUT2D eigenvalue weighted by molar-refractivity contribution is 6.30. The van der Waals surface area contributed by atoms with Gasteiger partial charge >= 0.3 is 0 Å². The Morgan fingerprint density at radius 2 is 2.11 bits per heavy atom. The number of benzene rings is 1. The molecule has 0 unspecified atom stereocenters. The fourth-order valence-corrected chi connectivity index (χ4v) is 1.44. The van der Waals surface area contributed by atoms with Gasteiger partial charge in [0.15, 0.2) is 17.3 Å². The van der Waals surface area contributed by atoms with Crippen molar-refractivity contribution in [2.45, 2.75) is 0 Å². The van der Waals surface area contributed by atoms with Gasteiger partial charge in [0.05, 0.1) is 10.7 Å². The molecule has 2 N–H and O–H groups in total. The predicted octanol–water partition coefficient (Wildman–Crippen LogP) is 3.12. The van der Waals surface area contributed by atoms with Crippen LogP contribution in [0.5, 0.6) is 11.6 Å². The second-order valence-corrected chi connectivity index (χ2v) is 3.76. The molecule has 0 aliphatic rings. The van der Waals surface area contributed by atoms with E-state index in [1.165, 1.54) is 24.3 Å². The van der Waals surface area contributed by atoms with E-state index in [1.807, 2.05) is 6.07 Å². The lowest BCUT2D eigenvalue weighted by Gasteiger charge is -2.07. The molecule has 0 bridgehead atoms. The second kappa shape index (κ2) is 4.90. The molecule has 0 fully saturated rings. The quantitative estimate of drug-likeness (QED) is 0.903. The van der Waals surface area contributed by atoms with Crippen LogP contribution in [0.2, 0.25) is 5.02 Å². The average Bonchev–Trinajstić information content (AvgIpc) is 2.37. The first-order valence-corrected chi connectivity index (χ1v) is 5.28. The fraction of sp³-hybridized carbons (Fsp3) is 0. The number of pyridine rings is 1. The van der Waals surface area contributed by atoms with Crippen molar-refractivity contribution in [2.24, 2.45) is 0 Å². The van der Waals surface area contributed by atoms with Gasteiger partial charge in [-0.15, -0.1) is 0 Å². The lowest BCUT2D eigenvalue weighted by Crippen LogP contribution is -1.97. The lowest BCUT2D eigenvalue weighted by atomic mass is 10.3. The molecule has 18 heavy (non-hydrogen) atoms. The summed E-state index contributed by atoms with van der Waals surface area (Å²) in [5.74, 6) is -0.679. The zero-order valence-corrected chi connectivity index (χ0v) is 9.78. The van der Waals surface area contributed by atoms with Crippen molar-refractivity contribution < 1.29 is 9.13 Å². The maximum absolute atomic E-state index is 13.6. The van der Waals surface area contributed by atoms with Gasteiger partial charge in [0.2, 0.25) is 5.88 Å². The summed E-state index contributed by atoms with van der Waals surface area (Å²) in [6.45, 7) is 0. The molecule has 1 aromatic heterocycles. The minimum Gasteiger partial charge on any atom is -0.436 e. The summed E-state index contributed by atoms with van der Waals surface area (Å²) in [4.78, 5) is 3.84. The van der Waals surface area contributed by atoms with Crippen molar-refractivity contribution in [2.75, 3.05) is 5.73 Å². The average molecular weight is 264 g/mol. The molecule has 1 heterocycles. The highest BCUT2D eigenvalue weighted by Gasteiger charge is 2.10. The summed E-state index contributed by atoms with van der Waals surface area (Å²) in [6.07, 6.45) is 0. The molecule has 0 saturated carbocycles. The topological polar surface area (TPSA) is 71.9 Å². The number of nitrogens with two attached hydrogens (primary N) is 1. The Hall–Kier alpha value is -2.32. The van der Waals surface area contributed by atoms with Crippen LogP contribution in [0, 0.1) is 17.1 Å². The van der Waals surface area contributed by atoms with Gasteiger partial charge in [0, 0.05) is 6.07 Å². The number of aromatic nitrogens is 1. The molecule has 0 spiro atoms. The largest absolute Gasteiger partial charge is 0.436 e. The highest BCUT2D eigenvalue weighted by atomic mass is 35.5. The van der Waals surface area contributed by atoms with E-state index in [0.29, 0.717) is 0 Å². The monoisotopic (exact) mass is 263 g/mol. The maximum Gasteiger partial charge on any atom is 0.220 e. The lowest BCUT2D eigenvalue weighted by molar-refractivity contribution is 0.427. The van der Waals surface area contributed by atoms with Crippen molar-refractivity contribution in [1.82, 2.24) is 4.98 Å². The second-order valence-electron chi connectivity index (χ2n) is 3.35. The van der Waals surface area contributed by atoms with Crippen LogP contribution in [0.3, 0.4) is 0 Å². The number of anilines is 1. The molecule has 1 aromatic carbocycles. The fourth-order valence-electron chi connectivity index (χ4n) is 1.27. The highest BCUT2D eigenvalue weighted by Crippen LogP contribution is 2.28. The first-order chi connectivity index (χ1) is 8.61. The number of hydrogen-bond acceptors (Lipinski definition) is 4. The van der Waals surface area contributed by atoms with Crippen molar-refractivity contribution in [3.8, 4) is 17.7 Å². The SMILES string of the molecule is N#Cc1nc(Oc2cccc(Cl)c2F)ccc1N. The zero-order chi connectivity index (χ0) is 13.1. The van der Waals surface area contributed by atoms with E-state index in [-0.39, 0.29) is 28.0 Å². The standard InChI is InChI=1S/C12H7ClFN3O/c13-7-2-1-3-10(12(7)14)18-11-5-4-8(16)9(6-15)17-11/h1-5H,16H2. The van der Waals surface area contributed by atoms with Gasteiger partial charge in [-0.2, -0.15) is 5.26 Å². The third kappa shape index (κ3) is 2.34. The first-order valence-electron chi connectivity index (χ1n) is 4.90. The van der Waals surface area contributed by atoms with E-state index in [0.717, 1.165) is 0 Å². The van der Waals surface area contributed by atoms with Crippen LogP contribution in [-0.4, -0.2) is 4.98 Å². The molecule has 0 amide bonds. The van der Waals surface area contributed by atoms with E-state index in [9.17, 15) is 4.39 Å². The van der Waals surface area contributed by atoms with Gasteiger partial charge in [0.25, 0.3) is 0 Å². The van der Waals surface area contributed by atoms with Gasteiger partial charge in [0.1, 0.15) is 6.07 Å². The van der Waals surface area contributed by atoms with Gasteiger partial charge in [-0.1, -0.05) is 17.7 Å². The molecule has 0 radical (unpaired) electrons. The summed E-state index contributed by atoms with van der Waals surface area (Å²) in [7, 11) is 0. The summed E-state index contributed by atoms with van der Waals surface area (Å²) < 4.78 is 18.8. The van der Waals surface area contributed by atoms with Crippen LogP contribution in [-0.2, 0) is 0 Å². The molecule has 6 heteroatoms. The van der Waals surface area contributed by atoms with E-state index in [4.69, 9.17) is 27.3 Å².